The van der Waals surface area contributed by atoms with E-state index in [1.54, 1.807) is 4.90 Å². The first kappa shape index (κ1) is 23.1. The minimum atomic E-state index is -0.0757. The number of para-hydroxylation sites is 2. The molecule has 1 atom stereocenters. The van der Waals surface area contributed by atoms with Crippen LogP contribution in [0.25, 0.3) is 6.08 Å². The Morgan fingerprint density at radius 1 is 0.909 bits per heavy atom. The second-order valence-electron chi connectivity index (χ2n) is 7.83. The van der Waals surface area contributed by atoms with E-state index in [-0.39, 0.29) is 11.8 Å². The average molecular weight is 476 g/mol. The van der Waals surface area contributed by atoms with E-state index in [2.05, 4.69) is 6.92 Å². The minimum Gasteiger partial charge on any atom is -0.493 e. The molecule has 1 saturated heterocycles. The van der Waals surface area contributed by atoms with Gasteiger partial charge in [-0.15, -0.1) is 0 Å². The van der Waals surface area contributed by atoms with Gasteiger partial charge in [0.15, 0.2) is 0 Å². The van der Waals surface area contributed by atoms with Crippen LogP contribution < -0.4 is 9.47 Å². The van der Waals surface area contributed by atoms with Crippen LogP contribution in [0.1, 0.15) is 18.1 Å². The highest BCUT2D eigenvalue weighted by atomic mass is 32.2. The van der Waals surface area contributed by atoms with Gasteiger partial charge in [-0.05, 0) is 29.8 Å². The van der Waals surface area contributed by atoms with Crippen LogP contribution >= 0.6 is 24.0 Å². The fourth-order valence-electron chi connectivity index (χ4n) is 3.31. The van der Waals surface area contributed by atoms with Crippen LogP contribution in [0.4, 0.5) is 0 Å². The van der Waals surface area contributed by atoms with Crippen LogP contribution in [0.3, 0.4) is 0 Å². The van der Waals surface area contributed by atoms with E-state index in [4.69, 9.17) is 21.7 Å². The van der Waals surface area contributed by atoms with Gasteiger partial charge in [0.1, 0.15) is 15.8 Å². The van der Waals surface area contributed by atoms with Crippen LogP contribution in [0, 0.1) is 5.92 Å². The summed E-state index contributed by atoms with van der Waals surface area (Å²) >= 11 is 6.81. The molecule has 0 saturated carbocycles. The molecule has 4 rings (SSSR count). The summed E-state index contributed by atoms with van der Waals surface area (Å²) in [5.41, 5.74) is 1.90. The van der Waals surface area contributed by atoms with Gasteiger partial charge < -0.3 is 9.47 Å². The molecule has 1 heterocycles. The molecular formula is C27H25NO3S2. The number of hydrogen-bond donors (Lipinski definition) is 0. The molecule has 0 N–H and O–H groups in total. The molecule has 6 heteroatoms. The molecule has 0 bridgehead atoms. The Morgan fingerprint density at radius 3 is 2.30 bits per heavy atom. The lowest BCUT2D eigenvalue weighted by Gasteiger charge is -2.16. The predicted molar refractivity (Wildman–Crippen MR) is 138 cm³/mol. The summed E-state index contributed by atoms with van der Waals surface area (Å²) in [6.45, 7) is 3.62. The maximum absolute atomic E-state index is 13.0. The van der Waals surface area contributed by atoms with E-state index < -0.39 is 0 Å². The summed E-state index contributed by atoms with van der Waals surface area (Å²) in [6, 6.07) is 27.4. The van der Waals surface area contributed by atoms with Crippen LogP contribution in [0.5, 0.6) is 11.5 Å². The predicted octanol–water partition coefficient (Wildman–Crippen LogP) is 6.18. The quantitative estimate of drug-likeness (QED) is 0.273. The molecule has 1 aliphatic rings. The number of carbonyl (C=O) groups excluding carboxylic acids is 1. The van der Waals surface area contributed by atoms with E-state index in [0.717, 1.165) is 22.6 Å². The van der Waals surface area contributed by atoms with Gasteiger partial charge in [0.25, 0.3) is 5.91 Å². The molecule has 33 heavy (non-hydrogen) atoms. The maximum Gasteiger partial charge on any atom is 0.266 e. The molecule has 3 aromatic carbocycles. The number of thiocarbonyl (C=S) groups is 1. The zero-order valence-electron chi connectivity index (χ0n) is 18.3. The zero-order valence-corrected chi connectivity index (χ0v) is 20.0. The molecule has 0 spiro atoms. The van der Waals surface area contributed by atoms with E-state index in [9.17, 15) is 4.79 Å². The van der Waals surface area contributed by atoms with Crippen LogP contribution in [-0.2, 0) is 11.3 Å². The van der Waals surface area contributed by atoms with Gasteiger partial charge in [-0.3, -0.25) is 9.69 Å². The van der Waals surface area contributed by atoms with E-state index >= 15 is 0 Å². The molecule has 1 fully saturated rings. The van der Waals surface area contributed by atoms with Gasteiger partial charge in [-0.2, -0.15) is 0 Å². The van der Waals surface area contributed by atoms with Gasteiger partial charge >= 0.3 is 0 Å². The van der Waals surface area contributed by atoms with Crippen molar-refractivity contribution in [1.29, 1.82) is 0 Å². The topological polar surface area (TPSA) is 38.8 Å². The van der Waals surface area contributed by atoms with Crippen molar-refractivity contribution in [2.45, 2.75) is 13.5 Å². The summed E-state index contributed by atoms with van der Waals surface area (Å²) in [5.74, 6) is 1.70. The first-order valence-corrected chi connectivity index (χ1v) is 12.0. The first-order valence-electron chi connectivity index (χ1n) is 10.8. The number of ether oxygens (including phenoxy) is 2. The van der Waals surface area contributed by atoms with Crippen molar-refractivity contribution in [3.8, 4) is 11.5 Å². The monoisotopic (exact) mass is 475 g/mol. The minimum absolute atomic E-state index is 0.0757. The lowest BCUT2D eigenvalue weighted by Crippen LogP contribution is -2.27. The number of benzene rings is 3. The van der Waals surface area contributed by atoms with Gasteiger partial charge in [-0.25, -0.2) is 0 Å². The molecule has 1 amide bonds. The Bertz CT molecular complexity index is 1130. The lowest BCUT2D eigenvalue weighted by atomic mass is 10.1. The molecule has 1 aliphatic heterocycles. The fraction of sp³-hybridized carbons (Fsp3) is 0.185. The van der Waals surface area contributed by atoms with Crippen molar-refractivity contribution in [3.05, 3.63) is 101 Å². The number of thioether (sulfide) groups is 1. The van der Waals surface area contributed by atoms with Crippen LogP contribution in [-0.4, -0.2) is 28.3 Å². The Balaban J connectivity index is 1.39. The number of carbonyl (C=O) groups is 1. The van der Waals surface area contributed by atoms with Gasteiger partial charge in [0, 0.05) is 11.5 Å². The summed E-state index contributed by atoms with van der Waals surface area (Å²) in [7, 11) is 0. The Labute approximate surface area is 204 Å². The molecule has 168 valence electrons. The summed E-state index contributed by atoms with van der Waals surface area (Å²) in [5, 5.41) is 0. The largest absolute Gasteiger partial charge is 0.493 e. The zero-order chi connectivity index (χ0) is 23.0. The highest BCUT2D eigenvalue weighted by molar-refractivity contribution is 8.26. The van der Waals surface area contributed by atoms with Gasteiger partial charge in [0.05, 0.1) is 24.7 Å². The van der Waals surface area contributed by atoms with Crippen molar-refractivity contribution >= 4 is 40.3 Å². The van der Waals surface area contributed by atoms with Crippen molar-refractivity contribution < 1.29 is 14.3 Å². The number of amides is 1. The lowest BCUT2D eigenvalue weighted by molar-refractivity contribution is -0.122. The second kappa shape index (κ2) is 11.2. The normalized spacial score (nSPS) is 15.7. The third-order valence-electron chi connectivity index (χ3n) is 5.06. The molecular weight excluding hydrogens is 450 g/mol. The smallest absolute Gasteiger partial charge is 0.266 e. The highest BCUT2D eigenvalue weighted by Crippen LogP contribution is 2.35. The average Bonchev–Trinajstić information content (AvgIpc) is 3.11. The van der Waals surface area contributed by atoms with Gasteiger partial charge in [-0.1, -0.05) is 97.6 Å². The molecule has 1 unspecified atom stereocenters. The number of rotatable bonds is 9. The Kier molecular flexibility index (Phi) is 7.81. The van der Waals surface area contributed by atoms with Crippen LogP contribution in [0.15, 0.2) is 89.8 Å². The number of hydrogen-bond acceptors (Lipinski definition) is 5. The van der Waals surface area contributed by atoms with E-state index in [1.165, 1.54) is 11.8 Å². The highest BCUT2D eigenvalue weighted by Gasteiger charge is 2.32. The maximum atomic E-state index is 13.0. The third kappa shape index (κ3) is 6.24. The molecule has 4 nitrogen and oxygen atoms in total. The Hall–Kier alpha value is -3.09. The summed E-state index contributed by atoms with van der Waals surface area (Å²) < 4.78 is 12.5. The SMILES string of the molecule is CC(COc1ccccc1)COc1ccccc1/C=C1\SC(=S)N(Cc2ccccc2)C1=O. The molecule has 0 radical (unpaired) electrons. The van der Waals surface area contributed by atoms with Crippen molar-refractivity contribution in [2.75, 3.05) is 13.2 Å². The van der Waals surface area contributed by atoms with E-state index in [1.807, 2.05) is 91.0 Å². The van der Waals surface area contributed by atoms with Crippen LogP contribution in [0.2, 0.25) is 0 Å². The molecule has 0 aromatic heterocycles. The summed E-state index contributed by atoms with van der Waals surface area (Å²) in [4.78, 5) is 15.3. The van der Waals surface area contributed by atoms with Gasteiger partial charge in [0.2, 0.25) is 0 Å². The summed E-state index contributed by atoms with van der Waals surface area (Å²) in [6.07, 6.45) is 1.87. The van der Waals surface area contributed by atoms with E-state index in [0.29, 0.717) is 29.0 Å². The fourth-order valence-corrected chi connectivity index (χ4v) is 4.56. The standard InChI is InChI=1S/C27H25NO3S2/c1-20(18-30-23-13-6-3-7-14-23)19-31-24-15-9-8-12-22(24)16-25-26(29)28(27(32)33-25)17-21-10-4-2-5-11-21/h2-16,20H,17-19H2,1H3/b25-16-. The second-order valence-corrected chi connectivity index (χ2v) is 9.51. The number of nitrogens with zero attached hydrogens (tertiary/aromatic N) is 1. The molecule has 3 aromatic rings. The van der Waals surface area contributed by atoms with Crippen molar-refractivity contribution in [2.24, 2.45) is 5.92 Å². The van der Waals surface area contributed by atoms with Crippen molar-refractivity contribution in [1.82, 2.24) is 4.90 Å². The third-order valence-corrected chi connectivity index (χ3v) is 6.44. The molecule has 0 aliphatic carbocycles. The Morgan fingerprint density at radius 2 is 1.55 bits per heavy atom. The van der Waals surface area contributed by atoms with Crippen molar-refractivity contribution in [3.63, 3.8) is 0 Å². The first-order chi connectivity index (χ1) is 16.1.